The number of aromatic nitrogens is 2. The third kappa shape index (κ3) is 2.49. The smallest absolute Gasteiger partial charge is 0.266 e. The van der Waals surface area contributed by atoms with E-state index in [1.165, 1.54) is 29.2 Å². The average molecular weight is 372 g/mol. The predicted octanol–water partition coefficient (Wildman–Crippen LogP) is 1.99. The molecule has 1 unspecified atom stereocenters. The van der Waals surface area contributed by atoms with Gasteiger partial charge in [-0.3, -0.25) is 9.36 Å². The molecule has 3 rings (SSSR count). The van der Waals surface area contributed by atoms with Gasteiger partial charge < -0.3 is 4.74 Å². The zero-order valence-electron chi connectivity index (χ0n) is 9.85. The highest BCUT2D eigenvalue weighted by Gasteiger charge is 2.24. The molecule has 0 N–H and O–H groups in total. The van der Waals surface area contributed by atoms with Gasteiger partial charge in [0.05, 0.1) is 16.4 Å². The molecule has 0 saturated carbocycles. The minimum atomic E-state index is -0.268. The second-order valence-electron chi connectivity index (χ2n) is 4.40. The molecule has 0 amide bonds. The van der Waals surface area contributed by atoms with E-state index >= 15 is 0 Å². The summed E-state index contributed by atoms with van der Waals surface area (Å²) in [5.41, 5.74) is 0.762. The minimum Gasteiger partial charge on any atom is -0.488 e. The molecule has 2 aromatic rings. The Balaban J connectivity index is 1.81. The van der Waals surface area contributed by atoms with Gasteiger partial charge in [-0.15, -0.1) is 0 Å². The molecule has 0 bridgehead atoms. The zero-order valence-corrected chi connectivity index (χ0v) is 12.0. The Bertz CT molecular complexity index is 687. The van der Waals surface area contributed by atoms with E-state index in [0.717, 1.165) is 5.56 Å². The van der Waals surface area contributed by atoms with Crippen molar-refractivity contribution in [2.75, 3.05) is 0 Å². The normalized spacial score (nSPS) is 17.1. The van der Waals surface area contributed by atoms with Crippen molar-refractivity contribution in [2.24, 2.45) is 0 Å². The third-order valence-electron chi connectivity index (χ3n) is 3.02. The summed E-state index contributed by atoms with van der Waals surface area (Å²) in [5, 5.41) is 0. The highest BCUT2D eigenvalue weighted by Crippen LogP contribution is 2.29. The van der Waals surface area contributed by atoms with E-state index in [9.17, 15) is 9.18 Å². The van der Waals surface area contributed by atoms with Crippen LogP contribution >= 0.6 is 22.6 Å². The summed E-state index contributed by atoms with van der Waals surface area (Å²) in [6.45, 7) is 0.416. The maximum atomic E-state index is 13.1. The quantitative estimate of drug-likeness (QED) is 0.758. The Hall–Kier alpha value is -1.44. The van der Waals surface area contributed by atoms with Gasteiger partial charge in [0.15, 0.2) is 0 Å². The minimum absolute atomic E-state index is 0.0821. The van der Waals surface area contributed by atoms with Crippen molar-refractivity contribution in [1.82, 2.24) is 9.55 Å². The Labute approximate surface area is 122 Å². The number of benzene rings is 1. The van der Waals surface area contributed by atoms with Crippen LogP contribution in [-0.2, 0) is 13.0 Å². The van der Waals surface area contributed by atoms with Crippen molar-refractivity contribution in [3.05, 3.63) is 56.0 Å². The summed E-state index contributed by atoms with van der Waals surface area (Å²) in [7, 11) is 0. The van der Waals surface area contributed by atoms with Crippen LogP contribution in [-0.4, -0.2) is 15.7 Å². The van der Waals surface area contributed by atoms with Crippen molar-refractivity contribution in [1.29, 1.82) is 0 Å². The Morgan fingerprint density at radius 3 is 3.21 bits per heavy atom. The number of fused-ring (bicyclic) bond motifs is 1. The van der Waals surface area contributed by atoms with Crippen LogP contribution in [0.15, 0.2) is 35.5 Å². The lowest BCUT2D eigenvalue weighted by Gasteiger charge is -2.12. The van der Waals surface area contributed by atoms with Crippen LogP contribution in [0.1, 0.15) is 5.56 Å². The van der Waals surface area contributed by atoms with Crippen LogP contribution in [0, 0.1) is 9.39 Å². The van der Waals surface area contributed by atoms with Crippen molar-refractivity contribution >= 4 is 22.6 Å². The third-order valence-corrected chi connectivity index (χ3v) is 3.76. The molecule has 1 aliphatic heterocycles. The van der Waals surface area contributed by atoms with Gasteiger partial charge in [-0.1, -0.05) is 0 Å². The molecule has 2 heterocycles. The van der Waals surface area contributed by atoms with Crippen molar-refractivity contribution < 1.29 is 9.13 Å². The molecule has 1 aromatic carbocycles. The van der Waals surface area contributed by atoms with Crippen molar-refractivity contribution in [3.8, 4) is 5.75 Å². The van der Waals surface area contributed by atoms with Crippen LogP contribution in [0.5, 0.6) is 5.75 Å². The Kier molecular flexibility index (Phi) is 3.26. The first-order valence-electron chi connectivity index (χ1n) is 5.78. The van der Waals surface area contributed by atoms with Gasteiger partial charge in [-0.2, -0.15) is 0 Å². The van der Waals surface area contributed by atoms with E-state index in [2.05, 4.69) is 4.98 Å². The van der Waals surface area contributed by atoms with Gasteiger partial charge in [0, 0.05) is 18.2 Å². The summed E-state index contributed by atoms with van der Waals surface area (Å²) in [6.07, 6.45) is 3.47. The summed E-state index contributed by atoms with van der Waals surface area (Å²) >= 11 is 1.95. The first kappa shape index (κ1) is 12.6. The fourth-order valence-electron chi connectivity index (χ4n) is 2.16. The van der Waals surface area contributed by atoms with E-state index in [4.69, 9.17) is 4.74 Å². The highest BCUT2D eigenvalue weighted by molar-refractivity contribution is 14.1. The molecule has 0 spiro atoms. The van der Waals surface area contributed by atoms with E-state index in [-0.39, 0.29) is 17.5 Å². The van der Waals surface area contributed by atoms with Crippen LogP contribution in [0.4, 0.5) is 4.39 Å². The van der Waals surface area contributed by atoms with Gasteiger partial charge in [0.2, 0.25) is 0 Å². The average Bonchev–Trinajstić information content (AvgIpc) is 2.76. The number of ether oxygens (including phenoxy) is 1. The fourth-order valence-corrected chi connectivity index (χ4v) is 2.64. The van der Waals surface area contributed by atoms with Crippen molar-refractivity contribution in [2.45, 2.75) is 19.1 Å². The van der Waals surface area contributed by atoms with Crippen molar-refractivity contribution in [3.63, 3.8) is 0 Å². The number of rotatable bonds is 2. The second-order valence-corrected chi connectivity index (χ2v) is 5.56. The molecular weight excluding hydrogens is 362 g/mol. The molecule has 19 heavy (non-hydrogen) atoms. The van der Waals surface area contributed by atoms with Crippen LogP contribution < -0.4 is 10.3 Å². The molecule has 0 fully saturated rings. The second kappa shape index (κ2) is 4.92. The maximum Gasteiger partial charge on any atom is 0.266 e. The molecule has 1 atom stereocenters. The van der Waals surface area contributed by atoms with Gasteiger partial charge >= 0.3 is 0 Å². The molecular formula is C13H10FIN2O2. The maximum absolute atomic E-state index is 13.1. The van der Waals surface area contributed by atoms with Gasteiger partial charge in [-0.05, 0) is 40.8 Å². The largest absolute Gasteiger partial charge is 0.488 e. The number of nitrogens with zero attached hydrogens (tertiary/aromatic N) is 2. The highest BCUT2D eigenvalue weighted by atomic mass is 127. The lowest BCUT2D eigenvalue weighted by molar-refractivity contribution is 0.207. The fraction of sp³-hybridized carbons (Fsp3) is 0.231. The molecule has 4 nitrogen and oxygen atoms in total. The van der Waals surface area contributed by atoms with E-state index in [1.54, 1.807) is 6.07 Å². The Morgan fingerprint density at radius 1 is 1.53 bits per heavy atom. The first-order chi connectivity index (χ1) is 9.13. The summed E-state index contributed by atoms with van der Waals surface area (Å²) in [6, 6.07) is 4.48. The van der Waals surface area contributed by atoms with E-state index in [1.807, 2.05) is 22.6 Å². The first-order valence-corrected chi connectivity index (χ1v) is 6.86. The molecule has 0 saturated heterocycles. The lowest BCUT2D eigenvalue weighted by Crippen LogP contribution is -2.30. The van der Waals surface area contributed by atoms with Gasteiger partial charge in [0.1, 0.15) is 17.7 Å². The molecule has 1 aliphatic rings. The molecule has 0 radical (unpaired) electrons. The molecule has 0 aliphatic carbocycles. The Morgan fingerprint density at radius 2 is 2.37 bits per heavy atom. The number of hydrogen-bond acceptors (Lipinski definition) is 3. The van der Waals surface area contributed by atoms with Gasteiger partial charge in [-0.25, -0.2) is 9.37 Å². The topological polar surface area (TPSA) is 44.1 Å². The predicted molar refractivity (Wildman–Crippen MR) is 75.7 cm³/mol. The van der Waals surface area contributed by atoms with Crippen LogP contribution in [0.3, 0.4) is 0 Å². The van der Waals surface area contributed by atoms with Crippen LogP contribution in [0.2, 0.25) is 0 Å². The van der Waals surface area contributed by atoms with E-state index in [0.29, 0.717) is 22.3 Å². The zero-order chi connectivity index (χ0) is 13.4. The number of halogens is 2. The van der Waals surface area contributed by atoms with Gasteiger partial charge in [0.25, 0.3) is 5.56 Å². The molecule has 1 aromatic heterocycles. The summed E-state index contributed by atoms with van der Waals surface area (Å²) in [5.74, 6) is 0.425. The SMILES string of the molecule is O=c1c(I)cncn1CC1Cc2cc(F)ccc2O1. The standard InChI is InChI=1S/C13H10FIN2O2/c14-9-1-2-12-8(3-9)4-10(19-12)6-17-7-16-5-11(15)13(17)18/h1-3,5,7,10H,4,6H2. The van der Waals surface area contributed by atoms with Crippen LogP contribution in [0.25, 0.3) is 0 Å². The summed E-state index contributed by atoms with van der Waals surface area (Å²) < 4.78 is 20.9. The molecule has 98 valence electrons. The number of hydrogen-bond donors (Lipinski definition) is 0. The molecule has 6 heteroatoms. The summed E-state index contributed by atoms with van der Waals surface area (Å²) in [4.78, 5) is 15.9. The monoisotopic (exact) mass is 372 g/mol. The van der Waals surface area contributed by atoms with E-state index < -0.39 is 0 Å². The lowest BCUT2D eigenvalue weighted by atomic mass is 10.1.